The molecule has 2 aliphatic rings. The van der Waals surface area contributed by atoms with E-state index in [-0.39, 0.29) is 44.7 Å². The van der Waals surface area contributed by atoms with Crippen molar-refractivity contribution in [2.75, 3.05) is 11.1 Å². The summed E-state index contributed by atoms with van der Waals surface area (Å²) in [5.74, 6) is -6.68. The monoisotopic (exact) mass is 489 g/mol. The van der Waals surface area contributed by atoms with Crippen molar-refractivity contribution in [2.45, 2.75) is 29.9 Å². The SMILES string of the molecule is O=C(Nc1cc(F)c(F)c(F)c1)c1ccc(Cl)c(S(=O)(=O)C[C@@H]2CC3CC2[C@H](O)[C@@H]3O)c1. The Hall–Kier alpha value is -2.14. The molecule has 0 aliphatic heterocycles. The van der Waals surface area contributed by atoms with Crippen LogP contribution in [0.3, 0.4) is 0 Å². The first kappa shape index (κ1) is 23.0. The number of anilines is 1. The molecule has 5 atom stereocenters. The van der Waals surface area contributed by atoms with Crippen molar-refractivity contribution in [3.63, 3.8) is 0 Å². The lowest BCUT2D eigenvalue weighted by Crippen LogP contribution is -2.38. The van der Waals surface area contributed by atoms with E-state index in [0.717, 1.165) is 6.07 Å². The number of carbonyl (C=O) groups excluding carboxylic acids is 1. The highest BCUT2D eigenvalue weighted by molar-refractivity contribution is 7.91. The van der Waals surface area contributed by atoms with Gasteiger partial charge in [-0.2, -0.15) is 0 Å². The number of aliphatic hydroxyl groups is 2. The fourth-order valence-corrected chi connectivity index (χ4v) is 6.98. The number of fused-ring (bicyclic) bond motifs is 2. The van der Waals surface area contributed by atoms with Gasteiger partial charge in [0.1, 0.15) is 0 Å². The molecule has 0 saturated heterocycles. The lowest BCUT2D eigenvalue weighted by Gasteiger charge is -2.29. The number of amides is 1. The first-order valence-corrected chi connectivity index (χ1v) is 11.9. The maximum absolute atomic E-state index is 13.4. The summed E-state index contributed by atoms with van der Waals surface area (Å²) in [7, 11) is -3.96. The third-order valence-electron chi connectivity index (χ3n) is 6.26. The maximum Gasteiger partial charge on any atom is 0.255 e. The number of sulfone groups is 1. The van der Waals surface area contributed by atoms with Gasteiger partial charge in [-0.05, 0) is 48.8 Å². The van der Waals surface area contributed by atoms with Crippen molar-refractivity contribution >= 4 is 33.0 Å². The van der Waals surface area contributed by atoms with E-state index < -0.39 is 45.4 Å². The zero-order valence-corrected chi connectivity index (χ0v) is 18.0. The zero-order chi connectivity index (χ0) is 23.4. The molecule has 0 spiro atoms. The summed E-state index contributed by atoms with van der Waals surface area (Å²) in [5.41, 5.74) is -0.484. The van der Waals surface area contributed by atoms with Crippen molar-refractivity contribution in [1.29, 1.82) is 0 Å². The molecule has 1 amide bonds. The highest BCUT2D eigenvalue weighted by Crippen LogP contribution is 2.49. The molecule has 2 fully saturated rings. The van der Waals surface area contributed by atoms with Crippen molar-refractivity contribution < 1.29 is 36.6 Å². The van der Waals surface area contributed by atoms with Crippen LogP contribution in [0.2, 0.25) is 5.02 Å². The molecule has 0 aromatic heterocycles. The van der Waals surface area contributed by atoms with Crippen LogP contribution in [0.5, 0.6) is 0 Å². The Morgan fingerprint density at radius 3 is 2.31 bits per heavy atom. The van der Waals surface area contributed by atoms with Gasteiger partial charge in [-0.3, -0.25) is 4.79 Å². The Labute approximate surface area is 186 Å². The Morgan fingerprint density at radius 1 is 1.06 bits per heavy atom. The van der Waals surface area contributed by atoms with Crippen LogP contribution in [0.15, 0.2) is 35.2 Å². The predicted molar refractivity (Wildman–Crippen MR) is 109 cm³/mol. The molecule has 2 aromatic rings. The molecule has 2 saturated carbocycles. The standard InChI is InChI=1S/C21H19ClF3NO5S/c22-14-2-1-9(21(29)26-12-6-15(23)18(25)16(24)7-12)5-17(14)32(30,31)8-11-3-10-4-13(11)20(28)19(10)27/h1-2,5-7,10-11,13,19-20,27-28H,3-4,8H2,(H,26,29)/t10?,11-,13?,19+,20-/m0/s1. The highest BCUT2D eigenvalue weighted by Gasteiger charge is 2.52. The smallest absolute Gasteiger partial charge is 0.255 e. The summed E-state index contributed by atoms with van der Waals surface area (Å²) in [6.07, 6.45) is -0.820. The minimum absolute atomic E-state index is 0.107. The van der Waals surface area contributed by atoms with Crippen LogP contribution in [-0.2, 0) is 9.84 Å². The summed E-state index contributed by atoms with van der Waals surface area (Å²) < 4.78 is 65.9. The van der Waals surface area contributed by atoms with Gasteiger partial charge in [-0.25, -0.2) is 21.6 Å². The summed E-state index contributed by atoms with van der Waals surface area (Å²) in [5, 5.41) is 22.1. The van der Waals surface area contributed by atoms with E-state index in [1.54, 1.807) is 0 Å². The molecule has 172 valence electrons. The molecule has 2 aromatic carbocycles. The molecule has 3 N–H and O–H groups in total. The number of aliphatic hydroxyl groups excluding tert-OH is 2. The molecule has 0 radical (unpaired) electrons. The van der Waals surface area contributed by atoms with Crippen LogP contribution < -0.4 is 5.32 Å². The fourth-order valence-electron chi connectivity index (χ4n) is 4.71. The highest BCUT2D eigenvalue weighted by atomic mass is 35.5. The van der Waals surface area contributed by atoms with E-state index in [1.165, 1.54) is 12.1 Å². The third kappa shape index (κ3) is 4.12. The Balaban J connectivity index is 1.55. The quantitative estimate of drug-likeness (QED) is 0.560. The van der Waals surface area contributed by atoms with Crippen LogP contribution in [0, 0.1) is 35.2 Å². The van der Waals surface area contributed by atoms with E-state index >= 15 is 0 Å². The second-order valence-electron chi connectivity index (χ2n) is 8.27. The number of hydrogen-bond acceptors (Lipinski definition) is 5. The van der Waals surface area contributed by atoms with Crippen LogP contribution in [0.1, 0.15) is 23.2 Å². The van der Waals surface area contributed by atoms with Gasteiger partial charge in [-0.15, -0.1) is 0 Å². The lowest BCUT2D eigenvalue weighted by atomic mass is 9.86. The van der Waals surface area contributed by atoms with Gasteiger partial charge in [-0.1, -0.05) is 11.6 Å². The second kappa shape index (κ2) is 8.33. The summed E-state index contributed by atoms with van der Waals surface area (Å²) >= 11 is 6.08. The molecular weight excluding hydrogens is 471 g/mol. The van der Waals surface area contributed by atoms with Crippen molar-refractivity contribution in [2.24, 2.45) is 17.8 Å². The van der Waals surface area contributed by atoms with E-state index in [4.69, 9.17) is 11.6 Å². The molecule has 0 heterocycles. The zero-order valence-electron chi connectivity index (χ0n) is 16.4. The molecule has 32 heavy (non-hydrogen) atoms. The maximum atomic E-state index is 13.4. The third-order valence-corrected chi connectivity index (χ3v) is 8.58. The van der Waals surface area contributed by atoms with Gasteiger partial charge in [0.05, 0.1) is 27.9 Å². The number of benzene rings is 2. The Kier molecular flexibility index (Phi) is 6.00. The lowest BCUT2D eigenvalue weighted by molar-refractivity contribution is -0.0304. The minimum atomic E-state index is -3.96. The van der Waals surface area contributed by atoms with Crippen molar-refractivity contribution in [1.82, 2.24) is 0 Å². The van der Waals surface area contributed by atoms with Crippen LogP contribution in [-0.4, -0.2) is 42.5 Å². The number of halogens is 4. The van der Waals surface area contributed by atoms with E-state index in [9.17, 15) is 36.6 Å². The molecule has 2 bridgehead atoms. The van der Waals surface area contributed by atoms with Crippen LogP contribution in [0.4, 0.5) is 18.9 Å². The molecule has 2 aliphatic carbocycles. The molecular formula is C21H19ClF3NO5S. The molecule has 2 unspecified atom stereocenters. The van der Waals surface area contributed by atoms with E-state index in [1.807, 2.05) is 0 Å². The van der Waals surface area contributed by atoms with Gasteiger partial charge in [0.2, 0.25) is 0 Å². The summed E-state index contributed by atoms with van der Waals surface area (Å²) in [4.78, 5) is 12.2. The summed E-state index contributed by atoms with van der Waals surface area (Å²) in [6.45, 7) is 0. The first-order chi connectivity index (χ1) is 15.0. The second-order valence-corrected chi connectivity index (χ2v) is 10.7. The average molecular weight is 490 g/mol. The molecule has 11 heteroatoms. The molecule has 6 nitrogen and oxygen atoms in total. The van der Waals surface area contributed by atoms with Gasteiger partial charge in [0, 0.05) is 23.4 Å². The Bertz CT molecular complexity index is 1170. The fraction of sp³-hybridized carbons (Fsp3) is 0.381. The minimum Gasteiger partial charge on any atom is -0.390 e. The van der Waals surface area contributed by atoms with Crippen molar-refractivity contribution in [3.8, 4) is 0 Å². The van der Waals surface area contributed by atoms with Gasteiger partial charge in [0.25, 0.3) is 5.91 Å². The predicted octanol–water partition coefficient (Wildman–Crippen LogP) is 3.16. The van der Waals surface area contributed by atoms with Crippen molar-refractivity contribution in [3.05, 3.63) is 58.4 Å². The van der Waals surface area contributed by atoms with E-state index in [0.29, 0.717) is 25.0 Å². The van der Waals surface area contributed by atoms with Crippen LogP contribution >= 0.6 is 11.6 Å². The number of hydrogen-bond donors (Lipinski definition) is 3. The van der Waals surface area contributed by atoms with Gasteiger partial charge in [0.15, 0.2) is 27.3 Å². The average Bonchev–Trinajstić information content (AvgIpc) is 3.24. The first-order valence-electron chi connectivity index (χ1n) is 9.82. The van der Waals surface area contributed by atoms with E-state index in [2.05, 4.69) is 5.32 Å². The topological polar surface area (TPSA) is 104 Å². The summed E-state index contributed by atoms with van der Waals surface area (Å²) in [6, 6.07) is 4.71. The van der Waals surface area contributed by atoms with Gasteiger partial charge >= 0.3 is 0 Å². The number of rotatable bonds is 5. The van der Waals surface area contributed by atoms with Crippen LogP contribution in [0.25, 0.3) is 0 Å². The van der Waals surface area contributed by atoms with Gasteiger partial charge < -0.3 is 15.5 Å². The number of nitrogens with one attached hydrogen (secondary N) is 1. The largest absolute Gasteiger partial charge is 0.390 e. The normalized spacial score (nSPS) is 27.0. The Morgan fingerprint density at radius 2 is 1.72 bits per heavy atom. The molecule has 4 rings (SSSR count). The number of carbonyl (C=O) groups is 1.